The standard InChI is InChI=1S/C33H44N2O6/c1-24(2)19-30(31(37)22-28(33(39)40)20-26-11-7-4-8-12-26)34-32(38)27(14-13-25-9-5-3-6-10-25)21-29(36)23-35-15-17-41-18-16-35/h3-12,24,27-28,30H,13-23H2,1-2H3,(H,34,38)(H,39,40)/t27-,28+,30-/m0/s1. The number of amides is 1. The first-order chi connectivity index (χ1) is 19.7. The van der Waals surface area contributed by atoms with Crippen LogP contribution in [-0.4, -0.2) is 72.3 Å². The van der Waals surface area contributed by atoms with Gasteiger partial charge in [0.15, 0.2) is 5.78 Å². The molecule has 8 nitrogen and oxygen atoms in total. The van der Waals surface area contributed by atoms with E-state index in [2.05, 4.69) is 5.32 Å². The van der Waals surface area contributed by atoms with E-state index >= 15 is 0 Å². The summed E-state index contributed by atoms with van der Waals surface area (Å²) in [5.74, 6) is -3.05. The fourth-order valence-electron chi connectivity index (χ4n) is 5.22. The Morgan fingerprint density at radius 3 is 2.07 bits per heavy atom. The van der Waals surface area contributed by atoms with E-state index in [1.165, 1.54) is 0 Å². The maximum atomic E-state index is 13.6. The summed E-state index contributed by atoms with van der Waals surface area (Å²) in [4.78, 5) is 54.2. The Balaban J connectivity index is 1.70. The Labute approximate surface area is 243 Å². The average molecular weight is 565 g/mol. The van der Waals surface area contributed by atoms with Crippen molar-refractivity contribution < 1.29 is 29.0 Å². The van der Waals surface area contributed by atoms with Crippen molar-refractivity contribution in [3.8, 4) is 0 Å². The van der Waals surface area contributed by atoms with Gasteiger partial charge in [0.1, 0.15) is 5.78 Å². The molecule has 0 bridgehead atoms. The number of morpholine rings is 1. The molecule has 0 radical (unpaired) electrons. The maximum absolute atomic E-state index is 13.6. The molecule has 2 aromatic carbocycles. The number of hydrogen-bond acceptors (Lipinski definition) is 6. The number of nitrogens with zero attached hydrogens (tertiary/aromatic N) is 1. The second kappa shape index (κ2) is 16.8. The van der Waals surface area contributed by atoms with Crippen LogP contribution in [0.3, 0.4) is 0 Å². The number of carboxylic acids is 1. The highest BCUT2D eigenvalue weighted by Crippen LogP contribution is 2.20. The topological polar surface area (TPSA) is 113 Å². The number of carboxylic acid groups (broad SMARTS) is 1. The summed E-state index contributed by atoms with van der Waals surface area (Å²) in [7, 11) is 0. The molecule has 0 saturated carbocycles. The number of ether oxygens (including phenoxy) is 1. The minimum absolute atomic E-state index is 0.0133. The maximum Gasteiger partial charge on any atom is 0.307 e. The third-order valence-corrected chi connectivity index (χ3v) is 7.51. The van der Waals surface area contributed by atoms with E-state index in [1.807, 2.05) is 79.4 Å². The predicted octanol–water partition coefficient (Wildman–Crippen LogP) is 3.96. The fourth-order valence-corrected chi connectivity index (χ4v) is 5.22. The molecule has 1 aliphatic rings. The quantitative estimate of drug-likeness (QED) is 0.299. The Morgan fingerprint density at radius 1 is 0.878 bits per heavy atom. The van der Waals surface area contributed by atoms with Gasteiger partial charge in [-0.2, -0.15) is 0 Å². The number of hydrogen-bond donors (Lipinski definition) is 2. The van der Waals surface area contributed by atoms with Gasteiger partial charge in [0.25, 0.3) is 0 Å². The number of benzene rings is 2. The molecule has 8 heteroatoms. The number of Topliss-reactive ketones (excluding diaryl/α,β-unsaturated/α-hetero) is 2. The van der Waals surface area contributed by atoms with Crippen molar-refractivity contribution in [2.45, 2.75) is 58.4 Å². The molecule has 1 aliphatic heterocycles. The van der Waals surface area contributed by atoms with Crippen molar-refractivity contribution in [1.82, 2.24) is 10.2 Å². The molecule has 1 saturated heterocycles. The molecule has 2 aromatic rings. The first-order valence-electron chi connectivity index (χ1n) is 14.7. The van der Waals surface area contributed by atoms with Crippen LogP contribution in [0.2, 0.25) is 0 Å². The first-order valence-corrected chi connectivity index (χ1v) is 14.7. The van der Waals surface area contributed by atoms with Crippen LogP contribution in [0, 0.1) is 17.8 Å². The minimum Gasteiger partial charge on any atom is -0.481 e. The van der Waals surface area contributed by atoms with E-state index in [9.17, 15) is 24.3 Å². The zero-order valence-corrected chi connectivity index (χ0v) is 24.3. The molecular weight excluding hydrogens is 520 g/mol. The summed E-state index contributed by atoms with van der Waals surface area (Å²) in [5, 5.41) is 12.8. The molecule has 1 fully saturated rings. The molecule has 0 aliphatic carbocycles. The van der Waals surface area contributed by atoms with Gasteiger partial charge in [-0.05, 0) is 42.7 Å². The van der Waals surface area contributed by atoms with Crippen molar-refractivity contribution >= 4 is 23.4 Å². The average Bonchev–Trinajstić information content (AvgIpc) is 2.95. The zero-order chi connectivity index (χ0) is 29.6. The number of carbonyl (C=O) groups is 4. The van der Waals surface area contributed by atoms with Gasteiger partial charge >= 0.3 is 5.97 Å². The van der Waals surface area contributed by atoms with Gasteiger partial charge in [-0.15, -0.1) is 0 Å². The highest BCUT2D eigenvalue weighted by molar-refractivity contribution is 5.93. The summed E-state index contributed by atoms with van der Waals surface area (Å²) < 4.78 is 5.38. The van der Waals surface area contributed by atoms with E-state index in [0.29, 0.717) is 45.6 Å². The predicted molar refractivity (Wildman–Crippen MR) is 157 cm³/mol. The molecule has 3 rings (SSSR count). The molecule has 0 aromatic heterocycles. The largest absolute Gasteiger partial charge is 0.481 e. The van der Waals surface area contributed by atoms with E-state index in [-0.39, 0.29) is 49.2 Å². The summed E-state index contributed by atoms with van der Waals surface area (Å²) in [5.41, 5.74) is 1.92. The number of rotatable bonds is 17. The fraction of sp³-hybridized carbons (Fsp3) is 0.515. The normalized spacial score (nSPS) is 16.1. The van der Waals surface area contributed by atoms with Crippen LogP contribution in [0.15, 0.2) is 60.7 Å². The summed E-state index contributed by atoms with van der Waals surface area (Å²) >= 11 is 0. The van der Waals surface area contributed by atoms with Crippen molar-refractivity contribution in [2.75, 3.05) is 32.8 Å². The number of aliphatic carboxylic acids is 1. The Kier molecular flexibility index (Phi) is 13.2. The van der Waals surface area contributed by atoms with E-state index < -0.39 is 23.8 Å². The number of ketones is 2. The third-order valence-electron chi connectivity index (χ3n) is 7.51. The molecule has 0 spiro atoms. The van der Waals surface area contributed by atoms with Crippen LogP contribution < -0.4 is 5.32 Å². The van der Waals surface area contributed by atoms with Crippen molar-refractivity contribution in [2.24, 2.45) is 17.8 Å². The van der Waals surface area contributed by atoms with Crippen LogP contribution >= 0.6 is 0 Å². The molecule has 41 heavy (non-hydrogen) atoms. The van der Waals surface area contributed by atoms with Gasteiger partial charge in [-0.1, -0.05) is 74.5 Å². The molecule has 2 N–H and O–H groups in total. The smallest absolute Gasteiger partial charge is 0.307 e. The second-order valence-electron chi connectivity index (χ2n) is 11.4. The highest BCUT2D eigenvalue weighted by atomic mass is 16.5. The number of carbonyl (C=O) groups excluding carboxylic acids is 3. The van der Waals surface area contributed by atoms with Gasteiger partial charge in [-0.3, -0.25) is 24.1 Å². The van der Waals surface area contributed by atoms with Crippen molar-refractivity contribution in [3.63, 3.8) is 0 Å². The van der Waals surface area contributed by atoms with Gasteiger partial charge in [0.05, 0.1) is 31.7 Å². The lowest BCUT2D eigenvalue weighted by Gasteiger charge is -2.27. The summed E-state index contributed by atoms with van der Waals surface area (Å²) in [6.45, 7) is 6.74. The molecule has 1 amide bonds. The van der Waals surface area contributed by atoms with Gasteiger partial charge in [-0.25, -0.2) is 0 Å². The lowest BCUT2D eigenvalue weighted by Crippen LogP contribution is -2.46. The lowest BCUT2D eigenvalue weighted by molar-refractivity contribution is -0.144. The third kappa shape index (κ3) is 11.6. The van der Waals surface area contributed by atoms with Crippen molar-refractivity contribution in [3.05, 3.63) is 71.8 Å². The lowest BCUT2D eigenvalue weighted by atomic mass is 9.88. The number of aryl methyl sites for hydroxylation is 1. The Morgan fingerprint density at radius 2 is 1.49 bits per heavy atom. The van der Waals surface area contributed by atoms with E-state index in [0.717, 1.165) is 11.1 Å². The molecular formula is C33H44N2O6. The van der Waals surface area contributed by atoms with Crippen molar-refractivity contribution in [1.29, 1.82) is 0 Å². The zero-order valence-electron chi connectivity index (χ0n) is 24.3. The van der Waals surface area contributed by atoms with Gasteiger partial charge in [0, 0.05) is 31.8 Å². The molecule has 3 atom stereocenters. The van der Waals surface area contributed by atoms with E-state index in [4.69, 9.17) is 4.74 Å². The monoisotopic (exact) mass is 564 g/mol. The van der Waals surface area contributed by atoms with E-state index in [1.54, 1.807) is 0 Å². The van der Waals surface area contributed by atoms with Crippen LogP contribution in [0.4, 0.5) is 0 Å². The number of nitrogens with one attached hydrogen (secondary N) is 1. The van der Waals surface area contributed by atoms with Crippen LogP contribution in [-0.2, 0) is 36.8 Å². The molecule has 1 heterocycles. The Bertz CT molecular complexity index is 1120. The van der Waals surface area contributed by atoms with Gasteiger partial charge in [0.2, 0.25) is 5.91 Å². The summed E-state index contributed by atoms with van der Waals surface area (Å²) in [6.07, 6.45) is 1.65. The van der Waals surface area contributed by atoms with Crippen LogP contribution in [0.1, 0.15) is 50.7 Å². The molecule has 222 valence electrons. The molecule has 0 unspecified atom stereocenters. The van der Waals surface area contributed by atoms with Crippen LogP contribution in [0.25, 0.3) is 0 Å². The minimum atomic E-state index is -1.04. The summed E-state index contributed by atoms with van der Waals surface area (Å²) in [6, 6.07) is 18.2. The van der Waals surface area contributed by atoms with Gasteiger partial charge < -0.3 is 15.2 Å². The van der Waals surface area contributed by atoms with Crippen LogP contribution in [0.5, 0.6) is 0 Å². The SMILES string of the molecule is CC(C)C[C@H](NC(=O)[C@@H](CCc1ccccc1)CC(=O)CN1CCOCC1)C(=O)C[C@@H](Cc1ccccc1)C(=O)O. The first kappa shape index (κ1) is 32.2. The Hall–Kier alpha value is -3.36. The second-order valence-corrected chi connectivity index (χ2v) is 11.4. The highest BCUT2D eigenvalue weighted by Gasteiger charge is 2.31.